The van der Waals surface area contributed by atoms with Gasteiger partial charge in [-0.25, -0.2) is 4.39 Å². The van der Waals surface area contributed by atoms with Gasteiger partial charge in [0.2, 0.25) is 0 Å². The summed E-state index contributed by atoms with van der Waals surface area (Å²) in [6.07, 6.45) is 0. The maximum atomic E-state index is 14.2. The van der Waals surface area contributed by atoms with Crippen molar-refractivity contribution in [2.45, 2.75) is 31.6 Å². The monoisotopic (exact) mass is 306 g/mol. The van der Waals surface area contributed by atoms with Crippen LogP contribution in [0.15, 0.2) is 42.5 Å². The molecule has 0 radical (unpaired) electrons. The van der Waals surface area contributed by atoms with Gasteiger partial charge in [-0.3, -0.25) is 0 Å². The second-order valence-electron chi connectivity index (χ2n) is 6.09. The first-order valence-electron chi connectivity index (χ1n) is 6.91. The van der Waals surface area contributed by atoms with Crippen LogP contribution in [0.5, 0.6) is 5.75 Å². The molecule has 0 saturated carbocycles. The fourth-order valence-corrected chi connectivity index (χ4v) is 2.78. The molecule has 2 rings (SSSR count). The van der Waals surface area contributed by atoms with E-state index in [1.54, 1.807) is 12.1 Å². The van der Waals surface area contributed by atoms with E-state index in [-0.39, 0.29) is 11.2 Å². The van der Waals surface area contributed by atoms with Crippen LogP contribution in [-0.2, 0) is 5.41 Å². The second-order valence-corrected chi connectivity index (χ2v) is 6.52. The first-order valence-corrected chi connectivity index (χ1v) is 7.35. The fourth-order valence-electron chi connectivity index (χ4n) is 2.41. The highest BCUT2D eigenvalue weighted by Gasteiger charge is 2.24. The van der Waals surface area contributed by atoms with E-state index in [1.807, 2.05) is 24.3 Å². The van der Waals surface area contributed by atoms with E-state index in [2.05, 4.69) is 20.8 Å². The van der Waals surface area contributed by atoms with Crippen LogP contribution < -0.4 is 4.74 Å². The van der Waals surface area contributed by atoms with Crippen LogP contribution in [0.25, 0.3) is 0 Å². The molecule has 1 nitrogen and oxygen atoms in total. The Hall–Kier alpha value is -1.54. The number of alkyl halides is 1. The van der Waals surface area contributed by atoms with Crippen LogP contribution in [-0.4, -0.2) is 7.11 Å². The first kappa shape index (κ1) is 15.8. The van der Waals surface area contributed by atoms with Gasteiger partial charge in [-0.15, -0.1) is 11.6 Å². The minimum Gasteiger partial charge on any atom is -0.497 e. The number of benzene rings is 2. The lowest BCUT2D eigenvalue weighted by atomic mass is 9.82. The van der Waals surface area contributed by atoms with Crippen LogP contribution >= 0.6 is 11.6 Å². The van der Waals surface area contributed by atoms with Crippen LogP contribution in [0, 0.1) is 5.82 Å². The van der Waals surface area contributed by atoms with E-state index in [9.17, 15) is 4.39 Å². The van der Waals surface area contributed by atoms with Gasteiger partial charge in [0.05, 0.1) is 12.5 Å². The molecule has 0 amide bonds. The summed E-state index contributed by atoms with van der Waals surface area (Å²) < 4.78 is 19.3. The Balaban J connectivity index is 2.48. The summed E-state index contributed by atoms with van der Waals surface area (Å²) in [6.45, 7) is 6.37. The van der Waals surface area contributed by atoms with Gasteiger partial charge in [0.1, 0.15) is 11.6 Å². The summed E-state index contributed by atoms with van der Waals surface area (Å²) in [5.74, 6) is 0.141. The van der Waals surface area contributed by atoms with Crippen LogP contribution in [0.2, 0.25) is 0 Å². The molecule has 0 fully saturated rings. The molecular formula is C18H20ClFO. The minimum atomic E-state index is -0.522. The molecule has 0 saturated heterocycles. The van der Waals surface area contributed by atoms with Crippen molar-refractivity contribution in [2.24, 2.45) is 0 Å². The fraction of sp³-hybridized carbons (Fsp3) is 0.333. The molecule has 0 heterocycles. The number of methoxy groups -OCH3 is 1. The van der Waals surface area contributed by atoms with Crippen molar-refractivity contribution in [1.29, 1.82) is 0 Å². The molecule has 0 spiro atoms. The first-order chi connectivity index (χ1) is 9.84. The Bertz CT molecular complexity index is 631. The summed E-state index contributed by atoms with van der Waals surface area (Å²) in [6, 6.07) is 12.7. The molecule has 1 unspecified atom stereocenters. The maximum absolute atomic E-state index is 14.2. The van der Waals surface area contributed by atoms with Crippen molar-refractivity contribution in [3.05, 3.63) is 65.0 Å². The van der Waals surface area contributed by atoms with E-state index in [0.29, 0.717) is 11.3 Å². The molecule has 2 aromatic rings. The topological polar surface area (TPSA) is 9.23 Å². The van der Waals surface area contributed by atoms with Crippen molar-refractivity contribution in [3.8, 4) is 5.75 Å². The van der Waals surface area contributed by atoms with E-state index in [1.165, 1.54) is 13.2 Å². The lowest BCUT2D eigenvalue weighted by Crippen LogP contribution is -2.15. The lowest BCUT2D eigenvalue weighted by Gasteiger charge is -2.25. The highest BCUT2D eigenvalue weighted by molar-refractivity contribution is 6.22. The zero-order valence-electron chi connectivity index (χ0n) is 12.8. The average molecular weight is 307 g/mol. The van der Waals surface area contributed by atoms with Gasteiger partial charge in [0.15, 0.2) is 0 Å². The van der Waals surface area contributed by atoms with Crippen LogP contribution in [0.3, 0.4) is 0 Å². The van der Waals surface area contributed by atoms with Gasteiger partial charge in [-0.05, 0) is 22.6 Å². The normalized spacial score (nSPS) is 13.0. The van der Waals surface area contributed by atoms with E-state index < -0.39 is 5.38 Å². The zero-order chi connectivity index (χ0) is 15.6. The molecule has 0 aliphatic heterocycles. The largest absolute Gasteiger partial charge is 0.497 e. The van der Waals surface area contributed by atoms with E-state index >= 15 is 0 Å². The molecule has 112 valence electrons. The summed E-state index contributed by atoms with van der Waals surface area (Å²) >= 11 is 6.56. The predicted octanol–water partition coefficient (Wildman–Crippen LogP) is 5.46. The summed E-state index contributed by atoms with van der Waals surface area (Å²) in [7, 11) is 1.52. The molecular weight excluding hydrogens is 287 g/mol. The molecule has 3 heteroatoms. The molecule has 0 aromatic heterocycles. The van der Waals surface area contributed by atoms with Crippen LogP contribution in [0.4, 0.5) is 4.39 Å². The van der Waals surface area contributed by atoms with Gasteiger partial charge in [0, 0.05) is 11.6 Å². The van der Waals surface area contributed by atoms with Crippen molar-refractivity contribution in [2.75, 3.05) is 7.11 Å². The van der Waals surface area contributed by atoms with E-state index in [4.69, 9.17) is 16.3 Å². The highest BCUT2D eigenvalue weighted by atomic mass is 35.5. The smallest absolute Gasteiger partial charge is 0.131 e. The van der Waals surface area contributed by atoms with Crippen molar-refractivity contribution in [1.82, 2.24) is 0 Å². The van der Waals surface area contributed by atoms with Crippen LogP contribution in [0.1, 0.15) is 42.8 Å². The Morgan fingerprint density at radius 3 is 2.29 bits per heavy atom. The molecule has 0 aliphatic carbocycles. The highest BCUT2D eigenvalue weighted by Crippen LogP contribution is 2.37. The Morgan fingerprint density at radius 1 is 1.05 bits per heavy atom. The number of hydrogen-bond acceptors (Lipinski definition) is 1. The summed E-state index contributed by atoms with van der Waals surface area (Å²) in [4.78, 5) is 0. The molecule has 21 heavy (non-hydrogen) atoms. The van der Waals surface area contributed by atoms with Gasteiger partial charge in [-0.1, -0.05) is 51.1 Å². The Kier molecular flexibility index (Phi) is 4.58. The number of ether oxygens (including phenoxy) is 1. The van der Waals surface area contributed by atoms with E-state index in [0.717, 1.165) is 11.1 Å². The zero-order valence-corrected chi connectivity index (χ0v) is 13.5. The molecule has 2 aromatic carbocycles. The quantitative estimate of drug-likeness (QED) is 0.684. The van der Waals surface area contributed by atoms with Gasteiger partial charge >= 0.3 is 0 Å². The molecule has 0 N–H and O–H groups in total. The maximum Gasteiger partial charge on any atom is 0.131 e. The number of hydrogen-bond donors (Lipinski definition) is 0. The predicted molar refractivity (Wildman–Crippen MR) is 85.8 cm³/mol. The number of rotatable bonds is 3. The molecule has 1 atom stereocenters. The Labute approximate surface area is 130 Å². The minimum absolute atomic E-state index is 0.0489. The summed E-state index contributed by atoms with van der Waals surface area (Å²) in [5, 5.41) is -0.522. The van der Waals surface area contributed by atoms with Gasteiger partial charge < -0.3 is 4.74 Å². The van der Waals surface area contributed by atoms with Crippen molar-refractivity contribution < 1.29 is 9.13 Å². The standard InChI is InChI=1S/C18H20ClFO/c1-18(2,3)15-8-6-5-7-13(15)17(19)14-10-9-12(21-4)11-16(14)20/h5-11,17H,1-4H3. The lowest BCUT2D eigenvalue weighted by molar-refractivity contribution is 0.410. The summed E-state index contributed by atoms with van der Waals surface area (Å²) in [5.41, 5.74) is 2.48. The third-order valence-corrected chi connectivity index (χ3v) is 3.99. The second kappa shape index (κ2) is 6.07. The average Bonchev–Trinajstić information content (AvgIpc) is 2.45. The molecule has 0 aliphatic rings. The Morgan fingerprint density at radius 2 is 1.71 bits per heavy atom. The third-order valence-electron chi connectivity index (χ3n) is 3.52. The van der Waals surface area contributed by atoms with Gasteiger partial charge in [0.25, 0.3) is 0 Å². The third kappa shape index (κ3) is 3.38. The SMILES string of the molecule is COc1ccc(C(Cl)c2ccccc2C(C)(C)C)c(F)c1. The van der Waals surface area contributed by atoms with Crippen molar-refractivity contribution in [3.63, 3.8) is 0 Å². The van der Waals surface area contributed by atoms with Gasteiger partial charge in [-0.2, -0.15) is 0 Å². The number of halogens is 2. The molecule has 0 bridgehead atoms. The van der Waals surface area contributed by atoms with Crippen molar-refractivity contribution >= 4 is 11.6 Å².